The molecule has 0 aromatic carbocycles. The molecule has 0 spiro atoms. The lowest BCUT2D eigenvalue weighted by atomic mass is 9.89. The van der Waals surface area contributed by atoms with Gasteiger partial charge in [0, 0.05) is 25.5 Å². The van der Waals surface area contributed by atoms with Gasteiger partial charge >= 0.3 is 0 Å². The SMILES string of the molecule is CC(=O)NC(=O)C1(CCCc2cnccn2)CCCN1. The highest BCUT2D eigenvalue weighted by atomic mass is 16.2. The number of carbonyl (C=O) groups is 2. The molecule has 1 aromatic heterocycles. The maximum atomic E-state index is 12.2. The normalized spacial score (nSPS) is 21.6. The lowest BCUT2D eigenvalue weighted by Crippen LogP contribution is -2.54. The van der Waals surface area contributed by atoms with E-state index in [2.05, 4.69) is 20.6 Å². The number of carbonyl (C=O) groups excluding carboxylic acids is 2. The van der Waals surface area contributed by atoms with Gasteiger partial charge in [-0.2, -0.15) is 0 Å². The number of nitrogens with zero attached hydrogens (tertiary/aromatic N) is 2. The van der Waals surface area contributed by atoms with Gasteiger partial charge in [-0.25, -0.2) is 0 Å². The van der Waals surface area contributed by atoms with Crippen molar-refractivity contribution in [1.29, 1.82) is 0 Å². The number of imide groups is 1. The molecule has 6 heteroatoms. The van der Waals surface area contributed by atoms with Crippen molar-refractivity contribution >= 4 is 11.8 Å². The van der Waals surface area contributed by atoms with E-state index in [0.29, 0.717) is 6.42 Å². The van der Waals surface area contributed by atoms with Crippen LogP contribution in [0, 0.1) is 0 Å². The van der Waals surface area contributed by atoms with E-state index in [9.17, 15) is 9.59 Å². The summed E-state index contributed by atoms with van der Waals surface area (Å²) in [5.74, 6) is -0.515. The van der Waals surface area contributed by atoms with E-state index < -0.39 is 5.54 Å². The topological polar surface area (TPSA) is 84.0 Å². The van der Waals surface area contributed by atoms with Gasteiger partial charge in [-0.15, -0.1) is 0 Å². The largest absolute Gasteiger partial charge is 0.303 e. The molecule has 1 unspecified atom stereocenters. The Labute approximate surface area is 118 Å². The van der Waals surface area contributed by atoms with E-state index in [1.54, 1.807) is 18.6 Å². The van der Waals surface area contributed by atoms with E-state index >= 15 is 0 Å². The van der Waals surface area contributed by atoms with Gasteiger partial charge < -0.3 is 5.32 Å². The molecule has 1 aromatic rings. The Bertz CT molecular complexity index is 469. The monoisotopic (exact) mass is 276 g/mol. The van der Waals surface area contributed by atoms with Crippen LogP contribution in [0.2, 0.25) is 0 Å². The van der Waals surface area contributed by atoms with E-state index in [0.717, 1.165) is 37.9 Å². The van der Waals surface area contributed by atoms with Crippen molar-refractivity contribution in [3.05, 3.63) is 24.3 Å². The highest BCUT2D eigenvalue weighted by molar-refractivity contribution is 5.99. The molecule has 2 heterocycles. The first-order valence-electron chi connectivity index (χ1n) is 6.94. The Morgan fingerprint density at radius 3 is 2.90 bits per heavy atom. The molecule has 1 aliphatic rings. The minimum Gasteiger partial charge on any atom is -0.303 e. The van der Waals surface area contributed by atoms with Crippen molar-refractivity contribution in [1.82, 2.24) is 20.6 Å². The molecule has 2 amide bonds. The first kappa shape index (κ1) is 14.6. The third-order valence-electron chi connectivity index (χ3n) is 3.62. The highest BCUT2D eigenvalue weighted by Gasteiger charge is 2.40. The molecule has 1 atom stereocenters. The molecule has 108 valence electrons. The van der Waals surface area contributed by atoms with Crippen LogP contribution >= 0.6 is 0 Å². The second-order valence-corrected chi connectivity index (χ2v) is 5.17. The summed E-state index contributed by atoms with van der Waals surface area (Å²) in [7, 11) is 0. The third-order valence-corrected chi connectivity index (χ3v) is 3.62. The van der Waals surface area contributed by atoms with Gasteiger partial charge in [-0.3, -0.25) is 24.9 Å². The average Bonchev–Trinajstić information content (AvgIpc) is 2.89. The smallest absolute Gasteiger partial charge is 0.246 e. The Balaban J connectivity index is 1.92. The second kappa shape index (κ2) is 6.56. The fraction of sp³-hybridized carbons (Fsp3) is 0.571. The summed E-state index contributed by atoms with van der Waals surface area (Å²) in [5, 5.41) is 5.67. The lowest BCUT2D eigenvalue weighted by Gasteiger charge is -2.27. The number of hydrogen-bond acceptors (Lipinski definition) is 5. The van der Waals surface area contributed by atoms with Crippen LogP contribution < -0.4 is 10.6 Å². The van der Waals surface area contributed by atoms with Crippen molar-refractivity contribution in [2.75, 3.05) is 6.54 Å². The van der Waals surface area contributed by atoms with Crippen LogP contribution in [0.5, 0.6) is 0 Å². The Morgan fingerprint density at radius 1 is 1.45 bits per heavy atom. The van der Waals surface area contributed by atoms with Crippen LogP contribution in [0.1, 0.15) is 38.3 Å². The number of aryl methyl sites for hydroxylation is 1. The quantitative estimate of drug-likeness (QED) is 0.822. The van der Waals surface area contributed by atoms with Gasteiger partial charge in [0.1, 0.15) is 0 Å². The van der Waals surface area contributed by atoms with Crippen LogP contribution in [0.25, 0.3) is 0 Å². The summed E-state index contributed by atoms with van der Waals surface area (Å²) < 4.78 is 0. The number of aromatic nitrogens is 2. The molecule has 1 fully saturated rings. The summed E-state index contributed by atoms with van der Waals surface area (Å²) in [5.41, 5.74) is 0.320. The predicted molar refractivity (Wildman–Crippen MR) is 73.8 cm³/mol. The summed E-state index contributed by atoms with van der Waals surface area (Å²) in [4.78, 5) is 31.5. The molecule has 0 radical (unpaired) electrons. The van der Waals surface area contributed by atoms with E-state index in [-0.39, 0.29) is 11.8 Å². The first-order valence-corrected chi connectivity index (χ1v) is 6.94. The first-order chi connectivity index (χ1) is 9.62. The molecular formula is C14H20N4O2. The standard InChI is InChI=1S/C14H20N4O2/c1-11(19)18-13(20)14(6-3-7-17-14)5-2-4-12-10-15-8-9-16-12/h8-10,17H,2-7H2,1H3,(H,18,19,20). The van der Waals surface area contributed by atoms with Gasteiger partial charge in [0.2, 0.25) is 11.8 Å². The molecule has 1 saturated heterocycles. The van der Waals surface area contributed by atoms with Gasteiger partial charge in [0.15, 0.2) is 0 Å². The zero-order chi connectivity index (χ0) is 14.4. The summed E-state index contributed by atoms with van der Waals surface area (Å²) in [6, 6.07) is 0. The maximum absolute atomic E-state index is 12.2. The molecule has 2 rings (SSSR count). The van der Waals surface area contributed by atoms with Crippen molar-refractivity contribution in [2.24, 2.45) is 0 Å². The Morgan fingerprint density at radius 2 is 2.30 bits per heavy atom. The minimum absolute atomic E-state index is 0.207. The van der Waals surface area contributed by atoms with Gasteiger partial charge in [-0.1, -0.05) is 0 Å². The third kappa shape index (κ3) is 3.60. The second-order valence-electron chi connectivity index (χ2n) is 5.17. The van der Waals surface area contributed by atoms with Crippen LogP contribution in [0.3, 0.4) is 0 Å². The number of rotatable bonds is 5. The van der Waals surface area contributed by atoms with Gasteiger partial charge in [0.05, 0.1) is 11.2 Å². The molecule has 0 bridgehead atoms. The fourth-order valence-corrected chi connectivity index (χ4v) is 2.64. The minimum atomic E-state index is -0.603. The van der Waals surface area contributed by atoms with Crippen molar-refractivity contribution in [3.63, 3.8) is 0 Å². The van der Waals surface area contributed by atoms with E-state index in [4.69, 9.17) is 0 Å². The van der Waals surface area contributed by atoms with Gasteiger partial charge in [-0.05, 0) is 38.6 Å². The number of hydrogen-bond donors (Lipinski definition) is 2. The summed E-state index contributed by atoms with van der Waals surface area (Å²) in [6.07, 6.45) is 9.09. The van der Waals surface area contributed by atoms with Crippen LogP contribution in [-0.4, -0.2) is 33.9 Å². The molecule has 2 N–H and O–H groups in total. The van der Waals surface area contributed by atoms with Crippen LogP contribution in [0.4, 0.5) is 0 Å². The predicted octanol–water partition coefficient (Wildman–Crippen LogP) is 0.584. The summed E-state index contributed by atoms with van der Waals surface area (Å²) in [6.45, 7) is 2.18. The van der Waals surface area contributed by atoms with Crippen LogP contribution in [0.15, 0.2) is 18.6 Å². The number of nitrogens with one attached hydrogen (secondary N) is 2. The summed E-state index contributed by atoms with van der Waals surface area (Å²) >= 11 is 0. The molecule has 20 heavy (non-hydrogen) atoms. The molecule has 0 saturated carbocycles. The van der Waals surface area contributed by atoms with E-state index in [1.807, 2.05) is 0 Å². The molecular weight excluding hydrogens is 256 g/mol. The van der Waals surface area contributed by atoms with E-state index in [1.165, 1.54) is 6.92 Å². The fourth-order valence-electron chi connectivity index (χ4n) is 2.64. The molecule has 6 nitrogen and oxygen atoms in total. The highest BCUT2D eigenvalue weighted by Crippen LogP contribution is 2.25. The van der Waals surface area contributed by atoms with Crippen LogP contribution in [-0.2, 0) is 16.0 Å². The maximum Gasteiger partial charge on any atom is 0.246 e. The zero-order valence-electron chi connectivity index (χ0n) is 11.7. The van der Waals surface area contributed by atoms with Crippen molar-refractivity contribution in [3.8, 4) is 0 Å². The molecule has 0 aliphatic carbocycles. The average molecular weight is 276 g/mol. The molecule has 1 aliphatic heterocycles. The zero-order valence-corrected chi connectivity index (χ0v) is 11.7. The van der Waals surface area contributed by atoms with Crippen molar-refractivity contribution < 1.29 is 9.59 Å². The Hall–Kier alpha value is -1.82. The van der Waals surface area contributed by atoms with Crippen molar-refractivity contribution in [2.45, 2.75) is 44.6 Å². The lowest BCUT2D eigenvalue weighted by molar-refractivity contribution is -0.133. The number of amides is 2. The van der Waals surface area contributed by atoms with Gasteiger partial charge in [0.25, 0.3) is 0 Å². The Kier molecular flexibility index (Phi) is 4.79.